The van der Waals surface area contributed by atoms with Gasteiger partial charge in [-0.15, -0.1) is 0 Å². The maximum atomic E-state index is 5.38. The Kier molecular flexibility index (Phi) is 2.49. The summed E-state index contributed by atoms with van der Waals surface area (Å²) in [5.41, 5.74) is 0. The summed E-state index contributed by atoms with van der Waals surface area (Å²) in [7, 11) is 1.71. The predicted molar refractivity (Wildman–Crippen MR) is 35.4 cm³/mol. The van der Waals surface area contributed by atoms with Crippen LogP contribution in [-0.4, -0.2) is 26.4 Å². The Morgan fingerprint density at radius 1 is 1.67 bits per heavy atom. The Morgan fingerprint density at radius 3 is 2.89 bits per heavy atom. The molecule has 0 aliphatic carbocycles. The smallest absolute Gasteiger partial charge is 0.0811 e. The van der Waals surface area contributed by atoms with Crippen molar-refractivity contribution in [1.82, 2.24) is 0 Å². The number of methoxy groups -OCH3 is 1. The minimum atomic E-state index is 0.366. The highest BCUT2D eigenvalue weighted by atomic mass is 16.5. The van der Waals surface area contributed by atoms with E-state index in [0.717, 1.165) is 25.6 Å². The molecule has 54 valence electrons. The second kappa shape index (κ2) is 3.18. The van der Waals surface area contributed by atoms with Crippen LogP contribution >= 0.6 is 0 Å². The Labute approximate surface area is 56.2 Å². The monoisotopic (exact) mass is 130 g/mol. The van der Waals surface area contributed by atoms with Gasteiger partial charge in [-0.05, 0) is 12.3 Å². The summed E-state index contributed by atoms with van der Waals surface area (Å²) < 4.78 is 10.3. The van der Waals surface area contributed by atoms with Gasteiger partial charge in [0.15, 0.2) is 0 Å². The van der Waals surface area contributed by atoms with Gasteiger partial charge in [-0.2, -0.15) is 0 Å². The lowest BCUT2D eigenvalue weighted by molar-refractivity contribution is 0.0371. The molecule has 2 nitrogen and oxygen atoms in total. The molecule has 1 fully saturated rings. The van der Waals surface area contributed by atoms with E-state index in [-0.39, 0.29) is 0 Å². The molecule has 1 rings (SSSR count). The topological polar surface area (TPSA) is 18.5 Å². The van der Waals surface area contributed by atoms with Crippen LogP contribution in [0.15, 0.2) is 0 Å². The van der Waals surface area contributed by atoms with Crippen LogP contribution in [0.2, 0.25) is 0 Å². The van der Waals surface area contributed by atoms with E-state index in [2.05, 4.69) is 6.92 Å². The van der Waals surface area contributed by atoms with E-state index in [1.165, 1.54) is 0 Å². The van der Waals surface area contributed by atoms with Gasteiger partial charge in [0.05, 0.1) is 12.7 Å². The standard InChI is InChI=1S/C7H14O2/c1-6-3-7(5-8-2)9-4-6/h6-7H,3-5H2,1-2H3/t6-,7+/m0/s1. The van der Waals surface area contributed by atoms with Crippen molar-refractivity contribution in [2.24, 2.45) is 5.92 Å². The SMILES string of the molecule is COC[C@H]1C[C@H](C)CO1. The van der Waals surface area contributed by atoms with Gasteiger partial charge in [-0.25, -0.2) is 0 Å². The molecule has 0 aromatic rings. The lowest BCUT2D eigenvalue weighted by Gasteiger charge is -2.05. The first-order valence-electron chi connectivity index (χ1n) is 3.43. The minimum absolute atomic E-state index is 0.366. The Bertz CT molecular complexity index is 81.0. The van der Waals surface area contributed by atoms with Crippen molar-refractivity contribution in [3.63, 3.8) is 0 Å². The summed E-state index contributed by atoms with van der Waals surface area (Å²) in [6.45, 7) is 3.87. The highest BCUT2D eigenvalue weighted by Gasteiger charge is 2.21. The highest BCUT2D eigenvalue weighted by molar-refractivity contribution is 4.69. The van der Waals surface area contributed by atoms with E-state index < -0.39 is 0 Å². The summed E-state index contributed by atoms with van der Waals surface area (Å²) >= 11 is 0. The third kappa shape index (κ3) is 1.95. The summed E-state index contributed by atoms with van der Waals surface area (Å²) in [6.07, 6.45) is 1.53. The van der Waals surface area contributed by atoms with Crippen molar-refractivity contribution in [2.45, 2.75) is 19.4 Å². The van der Waals surface area contributed by atoms with Crippen molar-refractivity contribution in [2.75, 3.05) is 20.3 Å². The minimum Gasteiger partial charge on any atom is -0.382 e. The predicted octanol–water partition coefficient (Wildman–Crippen LogP) is 1.06. The molecule has 0 aromatic carbocycles. The zero-order valence-electron chi connectivity index (χ0n) is 6.09. The second-order valence-electron chi connectivity index (χ2n) is 2.75. The maximum absolute atomic E-state index is 5.38. The van der Waals surface area contributed by atoms with E-state index in [4.69, 9.17) is 9.47 Å². The van der Waals surface area contributed by atoms with Gasteiger partial charge in [0.2, 0.25) is 0 Å². The molecule has 1 saturated heterocycles. The first-order valence-corrected chi connectivity index (χ1v) is 3.43. The molecule has 0 N–H and O–H groups in total. The lowest BCUT2D eigenvalue weighted by Crippen LogP contribution is -2.12. The molecule has 1 aliphatic heterocycles. The fourth-order valence-corrected chi connectivity index (χ4v) is 1.19. The molecule has 9 heavy (non-hydrogen) atoms. The molecule has 0 unspecified atom stereocenters. The second-order valence-corrected chi connectivity index (χ2v) is 2.75. The molecular formula is C7H14O2. The van der Waals surface area contributed by atoms with Crippen LogP contribution in [-0.2, 0) is 9.47 Å². The van der Waals surface area contributed by atoms with E-state index in [1.54, 1.807) is 7.11 Å². The molecule has 0 radical (unpaired) electrons. The van der Waals surface area contributed by atoms with Crippen molar-refractivity contribution < 1.29 is 9.47 Å². The zero-order chi connectivity index (χ0) is 6.69. The molecule has 0 spiro atoms. The van der Waals surface area contributed by atoms with Gasteiger partial charge >= 0.3 is 0 Å². The van der Waals surface area contributed by atoms with Crippen LogP contribution in [0, 0.1) is 5.92 Å². The molecule has 1 heterocycles. The summed E-state index contributed by atoms with van der Waals surface area (Å²) in [4.78, 5) is 0. The Balaban J connectivity index is 2.14. The van der Waals surface area contributed by atoms with E-state index in [9.17, 15) is 0 Å². The Hall–Kier alpha value is -0.0800. The fourth-order valence-electron chi connectivity index (χ4n) is 1.19. The zero-order valence-corrected chi connectivity index (χ0v) is 6.09. The van der Waals surface area contributed by atoms with Gasteiger partial charge in [0, 0.05) is 13.7 Å². The Morgan fingerprint density at radius 2 is 2.44 bits per heavy atom. The molecule has 0 aromatic heterocycles. The normalized spacial score (nSPS) is 35.3. The van der Waals surface area contributed by atoms with Crippen LogP contribution in [0.3, 0.4) is 0 Å². The lowest BCUT2D eigenvalue weighted by atomic mass is 10.1. The fraction of sp³-hybridized carbons (Fsp3) is 1.00. The molecule has 0 saturated carbocycles. The van der Waals surface area contributed by atoms with Gasteiger partial charge in [0.25, 0.3) is 0 Å². The van der Waals surface area contributed by atoms with Crippen LogP contribution < -0.4 is 0 Å². The van der Waals surface area contributed by atoms with Crippen LogP contribution in [0.5, 0.6) is 0 Å². The average molecular weight is 130 g/mol. The molecule has 0 amide bonds. The van der Waals surface area contributed by atoms with Crippen molar-refractivity contribution in [3.8, 4) is 0 Å². The number of hydrogen-bond acceptors (Lipinski definition) is 2. The number of rotatable bonds is 2. The molecule has 2 atom stereocenters. The summed E-state index contributed by atoms with van der Waals surface area (Å²) in [5.74, 6) is 0.727. The number of hydrogen-bond donors (Lipinski definition) is 0. The van der Waals surface area contributed by atoms with Crippen molar-refractivity contribution in [3.05, 3.63) is 0 Å². The molecular weight excluding hydrogens is 116 g/mol. The molecule has 2 heteroatoms. The maximum Gasteiger partial charge on any atom is 0.0811 e. The largest absolute Gasteiger partial charge is 0.382 e. The number of ether oxygens (including phenoxy) is 2. The third-order valence-electron chi connectivity index (χ3n) is 1.63. The van der Waals surface area contributed by atoms with Crippen LogP contribution in [0.4, 0.5) is 0 Å². The average Bonchev–Trinajstić information content (AvgIpc) is 2.17. The van der Waals surface area contributed by atoms with E-state index in [1.807, 2.05) is 0 Å². The van der Waals surface area contributed by atoms with Gasteiger partial charge in [-0.3, -0.25) is 0 Å². The molecule has 0 bridgehead atoms. The van der Waals surface area contributed by atoms with E-state index in [0.29, 0.717) is 6.10 Å². The summed E-state index contributed by atoms with van der Waals surface area (Å²) in [6, 6.07) is 0. The first kappa shape index (κ1) is 7.03. The molecule has 1 aliphatic rings. The third-order valence-corrected chi connectivity index (χ3v) is 1.63. The first-order chi connectivity index (χ1) is 4.33. The van der Waals surface area contributed by atoms with Gasteiger partial charge in [-0.1, -0.05) is 6.92 Å². The highest BCUT2D eigenvalue weighted by Crippen LogP contribution is 2.18. The quantitative estimate of drug-likeness (QED) is 0.556. The summed E-state index contributed by atoms with van der Waals surface area (Å²) in [5, 5.41) is 0. The van der Waals surface area contributed by atoms with Crippen molar-refractivity contribution in [1.29, 1.82) is 0 Å². The van der Waals surface area contributed by atoms with E-state index >= 15 is 0 Å². The van der Waals surface area contributed by atoms with Gasteiger partial charge in [0.1, 0.15) is 0 Å². The van der Waals surface area contributed by atoms with Crippen LogP contribution in [0.25, 0.3) is 0 Å². The van der Waals surface area contributed by atoms with Gasteiger partial charge < -0.3 is 9.47 Å². The van der Waals surface area contributed by atoms with Crippen molar-refractivity contribution >= 4 is 0 Å². The van der Waals surface area contributed by atoms with Crippen LogP contribution in [0.1, 0.15) is 13.3 Å².